The molecule has 0 aliphatic rings. The van der Waals surface area contributed by atoms with Gasteiger partial charge < -0.3 is 22.9 Å². The average Bonchev–Trinajstić information content (AvgIpc) is 1.63. The highest BCUT2D eigenvalue weighted by molar-refractivity contribution is 5.92. The second-order valence-electron chi connectivity index (χ2n) is 1.24. The molecule has 0 aliphatic carbocycles. The van der Waals surface area contributed by atoms with Gasteiger partial charge in [-0.1, -0.05) is 22.3 Å². The van der Waals surface area contributed by atoms with Gasteiger partial charge in [-0.3, -0.25) is 0 Å². The van der Waals surface area contributed by atoms with Crippen LogP contribution in [0, 0.1) is 0 Å². The lowest BCUT2D eigenvalue weighted by Crippen LogP contribution is -2.26. The Labute approximate surface area is 74.7 Å². The molecule has 12 heavy (non-hydrogen) atoms. The lowest BCUT2D eigenvalue weighted by molar-refractivity contribution is 1.06. The standard InChI is InChI=1S/C3H10N6.3CH4/c4-1-8-3(7)9-2(5)6;;;/h1,4H2,(H6,5,6,7,8,9);3*1H4. The Morgan fingerprint density at radius 3 is 1.67 bits per heavy atom. The molecule has 0 amide bonds. The maximum Gasteiger partial charge on any atom is 0.219 e. The second kappa shape index (κ2) is 12.4. The van der Waals surface area contributed by atoms with Crippen LogP contribution < -0.4 is 22.9 Å². The van der Waals surface area contributed by atoms with Crippen LogP contribution >= 0.6 is 0 Å². The Morgan fingerprint density at radius 1 is 1.00 bits per heavy atom. The third kappa shape index (κ3) is 15.9. The van der Waals surface area contributed by atoms with Gasteiger partial charge in [0.05, 0.1) is 6.67 Å². The predicted molar refractivity (Wildman–Crippen MR) is 56.7 cm³/mol. The van der Waals surface area contributed by atoms with Gasteiger partial charge in [-0.2, -0.15) is 4.99 Å². The van der Waals surface area contributed by atoms with Gasteiger partial charge in [0.15, 0.2) is 5.96 Å². The molecule has 0 saturated carbocycles. The van der Waals surface area contributed by atoms with Gasteiger partial charge in [-0.05, 0) is 0 Å². The van der Waals surface area contributed by atoms with E-state index in [9.17, 15) is 0 Å². The van der Waals surface area contributed by atoms with Crippen LogP contribution in [-0.4, -0.2) is 18.6 Å². The van der Waals surface area contributed by atoms with E-state index in [1.165, 1.54) is 0 Å². The van der Waals surface area contributed by atoms with Crippen molar-refractivity contribution in [1.29, 1.82) is 0 Å². The van der Waals surface area contributed by atoms with Crippen molar-refractivity contribution in [3.63, 3.8) is 0 Å². The van der Waals surface area contributed by atoms with E-state index >= 15 is 0 Å². The zero-order valence-corrected chi connectivity index (χ0v) is 4.91. The number of hydrogen-bond donors (Lipinski definition) is 4. The maximum atomic E-state index is 5.11. The quantitative estimate of drug-likeness (QED) is 0.315. The first kappa shape index (κ1) is 22.4. The van der Waals surface area contributed by atoms with Crippen molar-refractivity contribution in [2.24, 2.45) is 32.9 Å². The molecule has 0 rings (SSSR count). The third-order valence-corrected chi connectivity index (χ3v) is 0.497. The van der Waals surface area contributed by atoms with Crippen LogP contribution in [0.25, 0.3) is 0 Å². The van der Waals surface area contributed by atoms with E-state index in [-0.39, 0.29) is 40.9 Å². The number of rotatable bonds is 1. The summed E-state index contributed by atoms with van der Waals surface area (Å²) in [7, 11) is 0. The molecule has 0 bridgehead atoms. The fourth-order valence-electron chi connectivity index (χ4n) is 0.261. The summed E-state index contributed by atoms with van der Waals surface area (Å²) in [5.41, 5.74) is 20.0. The molecule has 0 saturated heterocycles. The summed E-state index contributed by atoms with van der Waals surface area (Å²) >= 11 is 0. The van der Waals surface area contributed by atoms with Crippen LogP contribution in [0.2, 0.25) is 0 Å². The summed E-state index contributed by atoms with van der Waals surface area (Å²) in [4.78, 5) is 6.88. The van der Waals surface area contributed by atoms with E-state index in [2.05, 4.69) is 9.98 Å². The molecule has 0 spiro atoms. The minimum Gasteiger partial charge on any atom is -0.370 e. The number of hydrogen-bond acceptors (Lipinski definition) is 2. The van der Waals surface area contributed by atoms with Crippen LogP contribution in [0.1, 0.15) is 22.3 Å². The van der Waals surface area contributed by atoms with E-state index in [4.69, 9.17) is 22.9 Å². The Kier molecular flexibility index (Phi) is 23.1. The molecule has 0 aromatic carbocycles. The summed E-state index contributed by atoms with van der Waals surface area (Å²) < 4.78 is 0. The van der Waals surface area contributed by atoms with Gasteiger partial charge in [0.2, 0.25) is 5.96 Å². The topological polar surface area (TPSA) is 129 Å². The Balaban J connectivity index is -0.000000107. The molecule has 0 aromatic rings. The van der Waals surface area contributed by atoms with Crippen molar-refractivity contribution in [2.75, 3.05) is 6.67 Å². The van der Waals surface area contributed by atoms with Crippen molar-refractivity contribution < 1.29 is 0 Å². The van der Waals surface area contributed by atoms with Crippen LogP contribution in [0.3, 0.4) is 0 Å². The van der Waals surface area contributed by atoms with Crippen LogP contribution in [0.5, 0.6) is 0 Å². The van der Waals surface area contributed by atoms with E-state index < -0.39 is 0 Å². The zero-order valence-electron chi connectivity index (χ0n) is 4.91. The van der Waals surface area contributed by atoms with Gasteiger partial charge in [-0.15, -0.1) is 0 Å². The van der Waals surface area contributed by atoms with Crippen LogP contribution in [-0.2, 0) is 0 Å². The van der Waals surface area contributed by atoms with Gasteiger partial charge in [0.25, 0.3) is 0 Å². The van der Waals surface area contributed by atoms with E-state index in [1.54, 1.807) is 0 Å². The largest absolute Gasteiger partial charge is 0.370 e. The molecule has 6 heteroatoms. The third-order valence-electron chi connectivity index (χ3n) is 0.497. The average molecular weight is 178 g/mol. The molecule has 0 atom stereocenters. The number of guanidine groups is 2. The lowest BCUT2D eigenvalue weighted by atomic mass is 10.9. The van der Waals surface area contributed by atoms with Crippen LogP contribution in [0.4, 0.5) is 0 Å². The summed E-state index contributed by atoms with van der Waals surface area (Å²) in [5, 5.41) is 0. The molecular weight excluding hydrogens is 156 g/mol. The molecule has 0 heterocycles. The van der Waals surface area contributed by atoms with Crippen LogP contribution in [0.15, 0.2) is 9.98 Å². The molecule has 76 valence electrons. The molecule has 6 nitrogen and oxygen atoms in total. The molecule has 8 N–H and O–H groups in total. The maximum absolute atomic E-state index is 5.11. The summed E-state index contributed by atoms with van der Waals surface area (Å²) in [5.74, 6) is -0.123. The number of aliphatic imine (C=N–C) groups is 2. The summed E-state index contributed by atoms with van der Waals surface area (Å²) in [6.45, 7) is 0.0859. The molecule has 0 radical (unpaired) electrons. The first-order valence-electron chi connectivity index (χ1n) is 2.26. The second-order valence-corrected chi connectivity index (χ2v) is 1.24. The van der Waals surface area contributed by atoms with Crippen molar-refractivity contribution in [3.05, 3.63) is 0 Å². The van der Waals surface area contributed by atoms with Gasteiger partial charge in [0.1, 0.15) is 0 Å². The highest BCUT2D eigenvalue weighted by atomic mass is 15.1. The van der Waals surface area contributed by atoms with E-state index in [0.29, 0.717) is 0 Å². The molecule has 0 fully saturated rings. The van der Waals surface area contributed by atoms with Gasteiger partial charge in [-0.25, -0.2) is 4.99 Å². The Hall–Kier alpha value is -1.30. The molecular formula is C6H22N6. The van der Waals surface area contributed by atoms with E-state index in [0.717, 1.165) is 0 Å². The van der Waals surface area contributed by atoms with Gasteiger partial charge in [0, 0.05) is 0 Å². The molecule has 0 unspecified atom stereocenters. The summed E-state index contributed by atoms with van der Waals surface area (Å²) in [6.07, 6.45) is 0. The lowest BCUT2D eigenvalue weighted by Gasteiger charge is -1.90. The minimum absolute atomic E-state index is 0. The number of nitrogens with two attached hydrogens (primary N) is 4. The molecule has 0 aliphatic heterocycles. The molecule has 0 aromatic heterocycles. The van der Waals surface area contributed by atoms with Crippen molar-refractivity contribution in [2.45, 2.75) is 22.3 Å². The van der Waals surface area contributed by atoms with Crippen molar-refractivity contribution in [3.8, 4) is 0 Å². The highest BCUT2D eigenvalue weighted by Gasteiger charge is 1.83. The Bertz CT molecular complexity index is 135. The van der Waals surface area contributed by atoms with E-state index in [1.807, 2.05) is 0 Å². The fourth-order valence-corrected chi connectivity index (χ4v) is 0.261. The van der Waals surface area contributed by atoms with Crippen molar-refractivity contribution in [1.82, 2.24) is 0 Å². The predicted octanol–water partition coefficient (Wildman–Crippen LogP) is -0.601. The normalized spacial score (nSPS) is 8.25. The fraction of sp³-hybridized carbons (Fsp3) is 0.667. The summed E-state index contributed by atoms with van der Waals surface area (Å²) in [6, 6.07) is 0. The zero-order chi connectivity index (χ0) is 7.28. The smallest absolute Gasteiger partial charge is 0.219 e. The highest BCUT2D eigenvalue weighted by Crippen LogP contribution is 1.66. The first-order valence-corrected chi connectivity index (χ1v) is 2.26. The van der Waals surface area contributed by atoms with Crippen molar-refractivity contribution >= 4 is 11.9 Å². The Morgan fingerprint density at radius 2 is 1.42 bits per heavy atom. The minimum atomic E-state index is -0.121. The first-order chi connectivity index (χ1) is 4.16. The SMILES string of the molecule is C.C.C.NCN=C(N)N=C(N)N. The monoisotopic (exact) mass is 178 g/mol. The van der Waals surface area contributed by atoms with Gasteiger partial charge >= 0.3 is 0 Å². The number of nitrogens with zero attached hydrogens (tertiary/aromatic N) is 2.